The number of anilines is 1. The van der Waals surface area contributed by atoms with Crippen LogP contribution < -0.4 is 10.1 Å². The molecule has 0 fully saturated rings. The molecule has 1 aromatic rings. The summed E-state index contributed by atoms with van der Waals surface area (Å²) in [6.07, 6.45) is 3.80. The van der Waals surface area contributed by atoms with Gasteiger partial charge in [0.1, 0.15) is 11.4 Å². The lowest BCUT2D eigenvalue weighted by Gasteiger charge is -2.20. The zero-order chi connectivity index (χ0) is 18.1. The number of fused-ring (bicyclic) bond motifs is 1. The molecule has 1 atom stereocenters. The van der Waals surface area contributed by atoms with E-state index < -0.39 is 5.60 Å². The molecule has 24 heavy (non-hydrogen) atoms. The number of ether oxygens (including phenoxy) is 2. The highest BCUT2D eigenvalue weighted by atomic mass is 16.5. The van der Waals surface area contributed by atoms with Gasteiger partial charge in [-0.25, -0.2) is 4.79 Å². The van der Waals surface area contributed by atoms with E-state index in [0.717, 1.165) is 33.7 Å². The predicted octanol–water partition coefficient (Wildman–Crippen LogP) is 3.38. The van der Waals surface area contributed by atoms with E-state index in [1.54, 1.807) is 13.0 Å². The average Bonchev–Trinajstić information content (AvgIpc) is 2.86. The van der Waals surface area contributed by atoms with Gasteiger partial charge in [0.2, 0.25) is 5.91 Å². The smallest absolute Gasteiger partial charge is 0.330 e. The Balaban J connectivity index is 2.38. The first-order valence-corrected chi connectivity index (χ1v) is 8.13. The van der Waals surface area contributed by atoms with Gasteiger partial charge in [0, 0.05) is 30.7 Å². The standard InChI is InChI=1S/C19H25NO4/c1-7-23-16(22)8-9-19(6)10-15-13(4)17(20-14(5)21)11(2)12(3)18(15)24-19/h8-9H,7,10H2,1-6H3,(H,20,21). The molecule has 0 spiro atoms. The van der Waals surface area contributed by atoms with Crippen LogP contribution in [0.15, 0.2) is 12.2 Å². The maximum absolute atomic E-state index is 11.6. The molecule has 1 aromatic carbocycles. The van der Waals surface area contributed by atoms with E-state index in [1.165, 1.54) is 13.0 Å². The molecule has 0 saturated carbocycles. The first-order chi connectivity index (χ1) is 11.2. The summed E-state index contributed by atoms with van der Waals surface area (Å²) in [7, 11) is 0. The Morgan fingerprint density at radius 3 is 2.50 bits per heavy atom. The molecule has 5 nitrogen and oxygen atoms in total. The highest BCUT2D eigenvalue weighted by molar-refractivity contribution is 5.91. The molecule has 2 rings (SSSR count). The van der Waals surface area contributed by atoms with Gasteiger partial charge < -0.3 is 14.8 Å². The van der Waals surface area contributed by atoms with Crippen LogP contribution in [0.2, 0.25) is 0 Å². The number of amides is 1. The van der Waals surface area contributed by atoms with Crippen LogP contribution in [0.3, 0.4) is 0 Å². The third-order valence-corrected chi connectivity index (χ3v) is 4.40. The van der Waals surface area contributed by atoms with Crippen LogP contribution in [0.1, 0.15) is 43.0 Å². The van der Waals surface area contributed by atoms with Gasteiger partial charge in [0.15, 0.2) is 0 Å². The molecule has 130 valence electrons. The second-order valence-corrected chi connectivity index (χ2v) is 6.42. The van der Waals surface area contributed by atoms with E-state index in [0.29, 0.717) is 13.0 Å². The van der Waals surface area contributed by atoms with Gasteiger partial charge >= 0.3 is 5.97 Å². The van der Waals surface area contributed by atoms with E-state index in [2.05, 4.69) is 5.32 Å². The van der Waals surface area contributed by atoms with Crippen molar-refractivity contribution >= 4 is 17.6 Å². The van der Waals surface area contributed by atoms with E-state index >= 15 is 0 Å². The van der Waals surface area contributed by atoms with Gasteiger partial charge in [-0.05, 0) is 57.4 Å². The largest absolute Gasteiger partial charge is 0.483 e. The van der Waals surface area contributed by atoms with Crippen molar-refractivity contribution < 1.29 is 19.1 Å². The van der Waals surface area contributed by atoms with Crippen molar-refractivity contribution in [2.75, 3.05) is 11.9 Å². The van der Waals surface area contributed by atoms with Crippen molar-refractivity contribution in [1.82, 2.24) is 0 Å². The highest BCUT2D eigenvalue weighted by Crippen LogP contribution is 2.44. The number of nitrogens with one attached hydrogen (secondary N) is 1. The zero-order valence-corrected chi connectivity index (χ0v) is 15.2. The van der Waals surface area contributed by atoms with E-state index in [9.17, 15) is 9.59 Å². The summed E-state index contributed by atoms with van der Waals surface area (Å²) in [6, 6.07) is 0. The fraction of sp³-hybridized carbons (Fsp3) is 0.474. The number of hydrogen-bond acceptors (Lipinski definition) is 4. The summed E-state index contributed by atoms with van der Waals surface area (Å²) in [5, 5.41) is 2.92. The van der Waals surface area contributed by atoms with Crippen LogP contribution in [0, 0.1) is 20.8 Å². The Hall–Kier alpha value is -2.30. The molecule has 1 aliphatic heterocycles. The quantitative estimate of drug-likeness (QED) is 0.678. The van der Waals surface area contributed by atoms with Crippen molar-refractivity contribution in [1.29, 1.82) is 0 Å². The molecule has 0 radical (unpaired) electrons. The molecule has 0 aromatic heterocycles. The van der Waals surface area contributed by atoms with Crippen LogP contribution in [0.5, 0.6) is 5.75 Å². The van der Waals surface area contributed by atoms with Gasteiger partial charge in [-0.3, -0.25) is 4.79 Å². The number of benzene rings is 1. The molecule has 1 aliphatic rings. The number of esters is 1. The number of hydrogen-bond donors (Lipinski definition) is 1. The van der Waals surface area contributed by atoms with Crippen LogP contribution in [-0.2, 0) is 20.7 Å². The molecule has 1 amide bonds. The van der Waals surface area contributed by atoms with Crippen molar-refractivity contribution in [2.45, 2.75) is 53.6 Å². The Morgan fingerprint density at radius 2 is 1.92 bits per heavy atom. The lowest BCUT2D eigenvalue weighted by atomic mass is 9.91. The predicted molar refractivity (Wildman–Crippen MR) is 93.5 cm³/mol. The van der Waals surface area contributed by atoms with Crippen molar-refractivity contribution in [2.24, 2.45) is 0 Å². The Labute approximate surface area is 143 Å². The van der Waals surface area contributed by atoms with E-state index in [4.69, 9.17) is 9.47 Å². The molecule has 0 bridgehead atoms. The molecule has 1 unspecified atom stereocenters. The fourth-order valence-corrected chi connectivity index (χ4v) is 3.05. The van der Waals surface area contributed by atoms with E-state index in [1.807, 2.05) is 27.7 Å². The monoisotopic (exact) mass is 331 g/mol. The highest BCUT2D eigenvalue weighted by Gasteiger charge is 2.36. The molecule has 0 aliphatic carbocycles. The molecular formula is C19H25NO4. The van der Waals surface area contributed by atoms with Gasteiger partial charge in [0.05, 0.1) is 6.61 Å². The van der Waals surface area contributed by atoms with Crippen molar-refractivity contribution in [3.05, 3.63) is 34.4 Å². The van der Waals surface area contributed by atoms with E-state index in [-0.39, 0.29) is 11.9 Å². The summed E-state index contributed by atoms with van der Waals surface area (Å²) >= 11 is 0. The van der Waals surface area contributed by atoms with Crippen LogP contribution >= 0.6 is 0 Å². The van der Waals surface area contributed by atoms with Crippen molar-refractivity contribution in [3.8, 4) is 5.75 Å². The summed E-state index contributed by atoms with van der Waals surface area (Å²) in [5.74, 6) is 0.376. The van der Waals surface area contributed by atoms with Crippen LogP contribution in [0.4, 0.5) is 5.69 Å². The molecule has 1 N–H and O–H groups in total. The maximum atomic E-state index is 11.6. The Morgan fingerprint density at radius 1 is 1.25 bits per heavy atom. The lowest BCUT2D eigenvalue weighted by molar-refractivity contribution is -0.137. The van der Waals surface area contributed by atoms with Crippen molar-refractivity contribution in [3.63, 3.8) is 0 Å². The fourth-order valence-electron chi connectivity index (χ4n) is 3.05. The van der Waals surface area contributed by atoms with Gasteiger partial charge in [-0.15, -0.1) is 0 Å². The molecular weight excluding hydrogens is 306 g/mol. The van der Waals surface area contributed by atoms with Gasteiger partial charge in [-0.1, -0.05) is 0 Å². The number of rotatable bonds is 4. The molecule has 5 heteroatoms. The minimum absolute atomic E-state index is 0.0931. The summed E-state index contributed by atoms with van der Waals surface area (Å²) in [4.78, 5) is 23.1. The first kappa shape index (κ1) is 18.0. The summed E-state index contributed by atoms with van der Waals surface area (Å²) in [5.41, 5.74) is 4.33. The number of carbonyl (C=O) groups is 2. The minimum Gasteiger partial charge on any atom is -0.483 e. The maximum Gasteiger partial charge on any atom is 0.330 e. The third-order valence-electron chi connectivity index (χ3n) is 4.40. The van der Waals surface area contributed by atoms with Crippen LogP contribution in [-0.4, -0.2) is 24.1 Å². The summed E-state index contributed by atoms with van der Waals surface area (Å²) in [6.45, 7) is 11.5. The SMILES string of the molecule is CCOC(=O)C=CC1(C)Cc2c(C)c(NC(C)=O)c(C)c(C)c2O1. The van der Waals surface area contributed by atoms with Gasteiger partial charge in [-0.2, -0.15) is 0 Å². The minimum atomic E-state index is -0.605. The third kappa shape index (κ3) is 3.45. The summed E-state index contributed by atoms with van der Waals surface area (Å²) < 4.78 is 11.1. The van der Waals surface area contributed by atoms with Crippen LogP contribution in [0.25, 0.3) is 0 Å². The molecule has 0 saturated heterocycles. The van der Waals surface area contributed by atoms with Gasteiger partial charge in [0.25, 0.3) is 0 Å². The molecule has 1 heterocycles. The normalized spacial score (nSPS) is 19.1. The Bertz CT molecular complexity index is 721. The Kier molecular flexibility index (Phi) is 5.02. The zero-order valence-electron chi connectivity index (χ0n) is 15.2. The topological polar surface area (TPSA) is 64.6 Å². The average molecular weight is 331 g/mol. The number of carbonyl (C=O) groups excluding carboxylic acids is 2. The second-order valence-electron chi connectivity index (χ2n) is 6.42. The second kappa shape index (κ2) is 6.67. The first-order valence-electron chi connectivity index (χ1n) is 8.13. The lowest BCUT2D eigenvalue weighted by Crippen LogP contribution is -2.27.